The molecule has 0 N–H and O–H groups in total. The van der Waals surface area contributed by atoms with Gasteiger partial charge in [-0.3, -0.25) is 9.69 Å². The molecule has 0 bridgehead atoms. The average molecular weight is 383 g/mol. The number of carbonyl (C=O) groups excluding carboxylic acids is 1. The van der Waals surface area contributed by atoms with Crippen molar-refractivity contribution in [2.75, 3.05) is 33.3 Å². The summed E-state index contributed by atoms with van der Waals surface area (Å²) in [5, 5.41) is 3.17. The second-order valence-electron chi connectivity index (χ2n) is 6.40. The van der Waals surface area contributed by atoms with E-state index in [0.29, 0.717) is 18.8 Å². The number of hydrogen-bond donors (Lipinski definition) is 0. The second-order valence-corrected chi connectivity index (χ2v) is 7.35. The molecule has 0 aliphatic carbocycles. The minimum atomic E-state index is -0.0331. The Morgan fingerprint density at radius 1 is 1.22 bits per heavy atom. The summed E-state index contributed by atoms with van der Waals surface area (Å²) in [7, 11) is 1.67. The summed E-state index contributed by atoms with van der Waals surface area (Å²) in [5.74, 6) is 1.21. The normalized spacial score (nSPS) is 15.1. The molecule has 1 amide bonds. The van der Waals surface area contributed by atoms with E-state index in [2.05, 4.69) is 10.3 Å². The average Bonchev–Trinajstić information content (AvgIpc) is 3.40. The number of furan rings is 1. The zero-order valence-electron chi connectivity index (χ0n) is 15.1. The van der Waals surface area contributed by atoms with Crippen LogP contribution in [-0.4, -0.2) is 54.0 Å². The Hall–Kier alpha value is -2.64. The van der Waals surface area contributed by atoms with Crippen LogP contribution in [0.3, 0.4) is 0 Å². The monoisotopic (exact) mass is 383 g/mol. The van der Waals surface area contributed by atoms with Crippen LogP contribution in [-0.2, 0) is 6.54 Å². The lowest BCUT2D eigenvalue weighted by Crippen LogP contribution is -2.48. The second kappa shape index (κ2) is 7.94. The summed E-state index contributed by atoms with van der Waals surface area (Å²) >= 11 is 1.67. The van der Waals surface area contributed by atoms with E-state index in [1.807, 2.05) is 29.2 Å². The first-order valence-corrected chi connectivity index (χ1v) is 9.75. The predicted molar refractivity (Wildman–Crippen MR) is 104 cm³/mol. The molecule has 0 atom stereocenters. The van der Waals surface area contributed by atoms with E-state index in [9.17, 15) is 4.79 Å². The molecular formula is C20H21N3O3S. The van der Waals surface area contributed by atoms with Gasteiger partial charge in [-0.05, 0) is 24.3 Å². The van der Waals surface area contributed by atoms with Gasteiger partial charge >= 0.3 is 0 Å². The summed E-state index contributed by atoms with van der Waals surface area (Å²) in [5.41, 5.74) is 2.03. The molecule has 0 radical (unpaired) electrons. The molecule has 1 saturated heterocycles. The van der Waals surface area contributed by atoms with Crippen molar-refractivity contribution < 1.29 is 13.9 Å². The quantitative estimate of drug-likeness (QED) is 0.676. The molecule has 2 aromatic heterocycles. The number of thiazole rings is 1. The van der Waals surface area contributed by atoms with Crippen molar-refractivity contribution in [2.45, 2.75) is 6.54 Å². The molecule has 27 heavy (non-hydrogen) atoms. The minimum absolute atomic E-state index is 0.0331. The maximum absolute atomic E-state index is 12.3. The lowest BCUT2D eigenvalue weighted by Gasteiger charge is -2.33. The first kappa shape index (κ1) is 17.8. The highest BCUT2D eigenvalue weighted by Gasteiger charge is 2.24. The highest BCUT2D eigenvalue weighted by atomic mass is 32.1. The van der Waals surface area contributed by atoms with Crippen molar-refractivity contribution in [3.05, 3.63) is 58.8 Å². The Bertz CT molecular complexity index is 899. The van der Waals surface area contributed by atoms with Gasteiger partial charge in [0.2, 0.25) is 0 Å². The van der Waals surface area contributed by atoms with E-state index >= 15 is 0 Å². The molecule has 4 rings (SSSR count). The fourth-order valence-electron chi connectivity index (χ4n) is 3.15. The Morgan fingerprint density at radius 3 is 2.81 bits per heavy atom. The van der Waals surface area contributed by atoms with Crippen molar-refractivity contribution in [1.82, 2.24) is 14.8 Å². The number of benzene rings is 1. The van der Waals surface area contributed by atoms with E-state index in [4.69, 9.17) is 14.1 Å². The van der Waals surface area contributed by atoms with Crippen molar-refractivity contribution in [3.63, 3.8) is 0 Å². The number of carbonyl (C=O) groups is 1. The van der Waals surface area contributed by atoms with Crippen LogP contribution in [0.5, 0.6) is 5.75 Å². The van der Waals surface area contributed by atoms with Gasteiger partial charge in [0.25, 0.3) is 5.91 Å². The Morgan fingerprint density at radius 2 is 2.07 bits per heavy atom. The van der Waals surface area contributed by atoms with Gasteiger partial charge in [0.05, 0.1) is 25.6 Å². The molecule has 1 aliphatic heterocycles. The third kappa shape index (κ3) is 4.04. The Kier molecular flexibility index (Phi) is 5.22. The molecule has 0 spiro atoms. The van der Waals surface area contributed by atoms with Crippen LogP contribution in [0, 0.1) is 0 Å². The molecule has 1 fully saturated rings. The maximum atomic E-state index is 12.3. The zero-order chi connectivity index (χ0) is 18.6. The van der Waals surface area contributed by atoms with Gasteiger partial charge in [0, 0.05) is 37.1 Å². The van der Waals surface area contributed by atoms with Crippen LogP contribution in [0.25, 0.3) is 11.3 Å². The van der Waals surface area contributed by atoms with Gasteiger partial charge in [-0.25, -0.2) is 4.98 Å². The third-order valence-corrected chi connectivity index (χ3v) is 5.50. The Balaban J connectivity index is 1.34. The highest BCUT2D eigenvalue weighted by molar-refractivity contribution is 7.09. The van der Waals surface area contributed by atoms with Gasteiger partial charge in [-0.15, -0.1) is 11.3 Å². The third-order valence-electron chi connectivity index (χ3n) is 4.67. The summed E-state index contributed by atoms with van der Waals surface area (Å²) in [6.45, 7) is 3.87. The number of amides is 1. The topological polar surface area (TPSA) is 58.8 Å². The van der Waals surface area contributed by atoms with E-state index in [-0.39, 0.29) is 5.91 Å². The Labute approximate surface area is 162 Å². The molecule has 3 heterocycles. The number of aromatic nitrogens is 1. The van der Waals surface area contributed by atoms with Crippen LogP contribution >= 0.6 is 11.3 Å². The zero-order valence-corrected chi connectivity index (χ0v) is 15.9. The summed E-state index contributed by atoms with van der Waals surface area (Å²) in [6.07, 6.45) is 1.53. The van der Waals surface area contributed by atoms with Crippen molar-refractivity contribution in [1.29, 1.82) is 0 Å². The number of piperazine rings is 1. The van der Waals surface area contributed by atoms with Crippen LogP contribution < -0.4 is 4.74 Å². The van der Waals surface area contributed by atoms with Crippen LogP contribution in [0.4, 0.5) is 0 Å². The molecule has 7 heteroatoms. The fraction of sp³-hybridized carbons (Fsp3) is 0.300. The summed E-state index contributed by atoms with van der Waals surface area (Å²) in [6, 6.07) is 11.4. The molecule has 3 aromatic rings. The largest absolute Gasteiger partial charge is 0.497 e. The molecular weight excluding hydrogens is 362 g/mol. The molecule has 1 aromatic carbocycles. The number of rotatable bonds is 5. The van der Waals surface area contributed by atoms with Crippen LogP contribution in [0.1, 0.15) is 15.6 Å². The van der Waals surface area contributed by atoms with Gasteiger partial charge in [0.1, 0.15) is 10.8 Å². The molecule has 140 valence electrons. The van der Waals surface area contributed by atoms with Crippen LogP contribution in [0.2, 0.25) is 0 Å². The first-order valence-electron chi connectivity index (χ1n) is 8.87. The SMILES string of the molecule is COc1cccc(-c2csc(CN3CCN(C(=O)c4ccco4)CC3)n2)c1. The summed E-state index contributed by atoms with van der Waals surface area (Å²) < 4.78 is 10.5. The van der Waals surface area contributed by atoms with E-state index in [1.54, 1.807) is 30.6 Å². The maximum Gasteiger partial charge on any atom is 0.289 e. The first-order chi connectivity index (χ1) is 13.2. The molecule has 1 aliphatic rings. The van der Waals surface area contributed by atoms with Crippen molar-refractivity contribution in [2.24, 2.45) is 0 Å². The standard InChI is InChI=1S/C20H21N3O3S/c1-25-16-5-2-4-15(12-16)17-14-27-19(21-17)13-22-7-9-23(10-8-22)20(24)18-6-3-11-26-18/h2-6,11-12,14H,7-10,13H2,1H3. The lowest BCUT2D eigenvalue weighted by molar-refractivity contribution is 0.0598. The highest BCUT2D eigenvalue weighted by Crippen LogP contribution is 2.26. The fourth-order valence-corrected chi connectivity index (χ4v) is 4.00. The summed E-state index contributed by atoms with van der Waals surface area (Å²) in [4.78, 5) is 21.3. The van der Waals surface area contributed by atoms with Gasteiger partial charge in [-0.2, -0.15) is 0 Å². The molecule has 0 unspecified atom stereocenters. The number of ether oxygens (including phenoxy) is 1. The smallest absolute Gasteiger partial charge is 0.289 e. The van der Waals surface area contributed by atoms with Gasteiger partial charge in [0.15, 0.2) is 5.76 Å². The van der Waals surface area contributed by atoms with Crippen molar-refractivity contribution >= 4 is 17.2 Å². The molecule has 6 nitrogen and oxygen atoms in total. The molecule has 0 saturated carbocycles. The van der Waals surface area contributed by atoms with Crippen molar-refractivity contribution in [3.8, 4) is 17.0 Å². The number of hydrogen-bond acceptors (Lipinski definition) is 6. The van der Waals surface area contributed by atoms with Crippen LogP contribution in [0.15, 0.2) is 52.5 Å². The van der Waals surface area contributed by atoms with Gasteiger partial charge < -0.3 is 14.1 Å². The predicted octanol–water partition coefficient (Wildman–Crippen LogP) is 3.37. The van der Waals surface area contributed by atoms with E-state index in [1.165, 1.54) is 6.26 Å². The lowest BCUT2D eigenvalue weighted by atomic mass is 10.2. The van der Waals surface area contributed by atoms with E-state index < -0.39 is 0 Å². The number of methoxy groups -OCH3 is 1. The van der Waals surface area contributed by atoms with E-state index in [0.717, 1.165) is 41.6 Å². The van der Waals surface area contributed by atoms with Gasteiger partial charge in [-0.1, -0.05) is 12.1 Å². The minimum Gasteiger partial charge on any atom is -0.497 e. The number of nitrogens with zero attached hydrogens (tertiary/aromatic N) is 3.